The molecule has 7 heteroatoms. The molecule has 0 saturated heterocycles. The summed E-state index contributed by atoms with van der Waals surface area (Å²) in [5, 5.41) is 6.96. The molecule has 0 fully saturated rings. The number of azide groups is 2. The van der Waals surface area contributed by atoms with Gasteiger partial charge >= 0.3 is 0 Å². The fourth-order valence-corrected chi connectivity index (χ4v) is 0.895. The van der Waals surface area contributed by atoms with Crippen molar-refractivity contribution in [2.24, 2.45) is 10.2 Å². The molecule has 0 aliphatic carbocycles. The Morgan fingerprint density at radius 3 is 2.46 bits per heavy atom. The Bertz CT molecular complexity index is 415. The highest BCUT2D eigenvalue weighted by atomic mass is 35.5. The molecule has 0 N–H and O–H groups in total. The highest BCUT2D eigenvalue weighted by molar-refractivity contribution is 6.33. The first kappa shape index (κ1) is 9.22. The van der Waals surface area contributed by atoms with E-state index in [2.05, 4.69) is 20.1 Å². The summed E-state index contributed by atoms with van der Waals surface area (Å²) in [7, 11) is 0. The second kappa shape index (κ2) is 4.23. The van der Waals surface area contributed by atoms with Crippen LogP contribution >= 0.6 is 11.6 Å². The Kier molecular flexibility index (Phi) is 3.00. The van der Waals surface area contributed by atoms with Crippen molar-refractivity contribution in [2.75, 3.05) is 0 Å². The third-order valence-corrected chi connectivity index (χ3v) is 1.56. The van der Waals surface area contributed by atoms with Gasteiger partial charge in [0, 0.05) is 15.5 Å². The first-order valence-corrected chi connectivity index (χ1v) is 3.55. The fraction of sp³-hybridized carbons (Fsp3) is 0. The molecule has 0 aliphatic rings. The molecule has 0 heterocycles. The lowest BCUT2D eigenvalue weighted by atomic mass is 10.3. The lowest BCUT2D eigenvalue weighted by molar-refractivity contribution is 1.42. The number of nitrogens with zero attached hydrogens (tertiary/aromatic N) is 6. The predicted octanol–water partition coefficient (Wildman–Crippen LogP) is 4.22. The number of halogens is 1. The van der Waals surface area contributed by atoms with E-state index in [-0.39, 0.29) is 5.69 Å². The van der Waals surface area contributed by atoms with Crippen molar-refractivity contribution < 1.29 is 0 Å². The quantitative estimate of drug-likeness (QED) is 0.383. The summed E-state index contributed by atoms with van der Waals surface area (Å²) in [6.07, 6.45) is 0. The molecule has 1 aromatic rings. The Hall–Kier alpha value is -1.87. The standard InChI is InChI=1S/C6H3ClN6/c7-5-2-1-4(10-12-8)3-6(5)11-13-9/h1-3H. The minimum Gasteiger partial charge on any atom is -0.0838 e. The van der Waals surface area contributed by atoms with E-state index in [1.165, 1.54) is 18.2 Å². The molecule has 0 radical (unpaired) electrons. The molecule has 13 heavy (non-hydrogen) atoms. The van der Waals surface area contributed by atoms with Crippen LogP contribution in [0.2, 0.25) is 5.02 Å². The molecule has 1 rings (SSSR count). The Morgan fingerprint density at radius 2 is 1.85 bits per heavy atom. The van der Waals surface area contributed by atoms with Crippen LogP contribution in [0.5, 0.6) is 0 Å². The van der Waals surface area contributed by atoms with Gasteiger partial charge in [-0.2, -0.15) is 0 Å². The van der Waals surface area contributed by atoms with Crippen molar-refractivity contribution in [3.63, 3.8) is 0 Å². The van der Waals surface area contributed by atoms with Crippen LogP contribution in [0.1, 0.15) is 0 Å². The van der Waals surface area contributed by atoms with Gasteiger partial charge in [0.25, 0.3) is 0 Å². The van der Waals surface area contributed by atoms with Crippen LogP contribution in [-0.4, -0.2) is 0 Å². The van der Waals surface area contributed by atoms with E-state index in [1.807, 2.05) is 0 Å². The summed E-state index contributed by atoms with van der Waals surface area (Å²) in [5.41, 5.74) is 16.9. The van der Waals surface area contributed by atoms with Crippen LogP contribution in [0.15, 0.2) is 28.4 Å². The van der Waals surface area contributed by atoms with Gasteiger partial charge in [-0.25, -0.2) is 0 Å². The highest BCUT2D eigenvalue weighted by Crippen LogP contribution is 2.29. The smallest absolute Gasteiger partial charge is 0.0566 e. The molecule has 0 spiro atoms. The largest absolute Gasteiger partial charge is 0.0838 e. The molecule has 0 saturated carbocycles. The monoisotopic (exact) mass is 194 g/mol. The van der Waals surface area contributed by atoms with Crippen molar-refractivity contribution in [3.8, 4) is 0 Å². The van der Waals surface area contributed by atoms with Crippen molar-refractivity contribution in [1.82, 2.24) is 0 Å². The lowest BCUT2D eigenvalue weighted by Gasteiger charge is -1.96. The average Bonchev–Trinajstić information content (AvgIpc) is 2.12. The van der Waals surface area contributed by atoms with E-state index >= 15 is 0 Å². The van der Waals surface area contributed by atoms with Gasteiger partial charge in [-0.05, 0) is 23.2 Å². The van der Waals surface area contributed by atoms with E-state index in [1.54, 1.807) is 0 Å². The number of hydrogen-bond donors (Lipinski definition) is 0. The SMILES string of the molecule is [N-]=[N+]=Nc1ccc(Cl)c(N=[N+]=[N-])c1. The van der Waals surface area contributed by atoms with Gasteiger partial charge < -0.3 is 0 Å². The molecule has 6 nitrogen and oxygen atoms in total. The van der Waals surface area contributed by atoms with Crippen molar-refractivity contribution in [1.29, 1.82) is 0 Å². The zero-order chi connectivity index (χ0) is 9.68. The predicted molar refractivity (Wildman–Crippen MR) is 49.1 cm³/mol. The summed E-state index contributed by atoms with van der Waals surface area (Å²) in [6, 6.07) is 4.43. The topological polar surface area (TPSA) is 97.5 Å². The molecule has 1 aromatic carbocycles. The molecular weight excluding hydrogens is 192 g/mol. The van der Waals surface area contributed by atoms with Gasteiger partial charge in [-0.1, -0.05) is 27.9 Å². The molecule has 0 aromatic heterocycles. The van der Waals surface area contributed by atoms with Crippen molar-refractivity contribution in [3.05, 3.63) is 44.1 Å². The van der Waals surface area contributed by atoms with E-state index in [9.17, 15) is 0 Å². The maximum Gasteiger partial charge on any atom is 0.0566 e. The van der Waals surface area contributed by atoms with E-state index in [0.29, 0.717) is 10.7 Å². The molecule has 0 atom stereocenters. The average molecular weight is 195 g/mol. The molecule has 64 valence electrons. The Labute approximate surface area is 78.0 Å². The summed E-state index contributed by atoms with van der Waals surface area (Å²) in [6.45, 7) is 0. The minimum absolute atomic E-state index is 0.245. The maximum absolute atomic E-state index is 8.16. The lowest BCUT2D eigenvalue weighted by Crippen LogP contribution is -1.66. The van der Waals surface area contributed by atoms with Gasteiger partial charge in [0.05, 0.1) is 10.7 Å². The third-order valence-electron chi connectivity index (χ3n) is 1.24. The molecule has 0 aliphatic heterocycles. The van der Waals surface area contributed by atoms with Gasteiger partial charge in [-0.15, -0.1) is 0 Å². The highest BCUT2D eigenvalue weighted by Gasteiger charge is 1.97. The van der Waals surface area contributed by atoms with Crippen LogP contribution in [0.25, 0.3) is 20.9 Å². The van der Waals surface area contributed by atoms with Crippen LogP contribution in [0, 0.1) is 0 Å². The van der Waals surface area contributed by atoms with E-state index in [0.717, 1.165) is 0 Å². The van der Waals surface area contributed by atoms with Crippen LogP contribution in [0.4, 0.5) is 11.4 Å². The maximum atomic E-state index is 8.16. The van der Waals surface area contributed by atoms with Gasteiger partial charge in [0.15, 0.2) is 0 Å². The number of rotatable bonds is 2. The fourth-order valence-electron chi connectivity index (χ4n) is 0.740. The Morgan fingerprint density at radius 1 is 1.15 bits per heavy atom. The zero-order valence-corrected chi connectivity index (χ0v) is 7.05. The summed E-state index contributed by atoms with van der Waals surface area (Å²) in [5.74, 6) is 0. The van der Waals surface area contributed by atoms with Crippen molar-refractivity contribution >= 4 is 23.0 Å². The first-order chi connectivity index (χ1) is 6.27. The zero-order valence-electron chi connectivity index (χ0n) is 6.29. The van der Waals surface area contributed by atoms with Gasteiger partial charge in [-0.3, -0.25) is 0 Å². The molecule has 0 bridgehead atoms. The van der Waals surface area contributed by atoms with Crippen LogP contribution in [0.3, 0.4) is 0 Å². The van der Waals surface area contributed by atoms with E-state index in [4.69, 9.17) is 22.7 Å². The minimum atomic E-state index is 0.245. The van der Waals surface area contributed by atoms with Crippen molar-refractivity contribution in [2.45, 2.75) is 0 Å². The normalized spacial score (nSPS) is 8.38. The van der Waals surface area contributed by atoms with E-state index < -0.39 is 0 Å². The third kappa shape index (κ3) is 2.28. The Balaban J connectivity index is 3.25. The van der Waals surface area contributed by atoms with Gasteiger partial charge in [0.2, 0.25) is 0 Å². The first-order valence-electron chi connectivity index (χ1n) is 3.17. The summed E-state index contributed by atoms with van der Waals surface area (Å²) in [4.78, 5) is 5.16. The van der Waals surface area contributed by atoms with Gasteiger partial charge in [0.1, 0.15) is 0 Å². The second-order valence-corrected chi connectivity index (χ2v) is 2.42. The summed E-state index contributed by atoms with van der Waals surface area (Å²) < 4.78 is 0. The van der Waals surface area contributed by atoms with Crippen LogP contribution < -0.4 is 0 Å². The molecular formula is C6H3ClN6. The number of hydrogen-bond acceptors (Lipinski definition) is 2. The number of benzene rings is 1. The second-order valence-electron chi connectivity index (χ2n) is 2.01. The molecule has 0 amide bonds. The summed E-state index contributed by atoms with van der Waals surface area (Å²) >= 11 is 5.68. The molecule has 0 unspecified atom stereocenters. The van der Waals surface area contributed by atoms with Crippen LogP contribution in [-0.2, 0) is 0 Å².